The second-order valence-corrected chi connectivity index (χ2v) is 3.26. The van der Waals surface area contributed by atoms with E-state index in [9.17, 15) is 0 Å². The number of aromatic amines is 1. The molecule has 3 nitrogen and oxygen atoms in total. The highest BCUT2D eigenvalue weighted by Crippen LogP contribution is 2.13. The van der Waals surface area contributed by atoms with Crippen LogP contribution in [0.3, 0.4) is 0 Å². The zero-order chi connectivity index (χ0) is 8.67. The lowest BCUT2D eigenvalue weighted by Gasteiger charge is -2.09. The van der Waals surface area contributed by atoms with Crippen LogP contribution in [0.2, 0.25) is 0 Å². The molecular formula is C10H10N3+. The second kappa shape index (κ2) is 2.42. The molecule has 0 atom stereocenters. The van der Waals surface area contributed by atoms with Crippen molar-refractivity contribution in [3.8, 4) is 5.82 Å². The third-order valence-corrected chi connectivity index (χ3v) is 2.49. The zero-order valence-electron chi connectivity index (χ0n) is 7.20. The highest BCUT2D eigenvalue weighted by Gasteiger charge is 2.22. The van der Waals surface area contributed by atoms with E-state index in [2.05, 4.69) is 20.6 Å². The Morgan fingerprint density at radius 3 is 3.38 bits per heavy atom. The summed E-state index contributed by atoms with van der Waals surface area (Å²) in [7, 11) is 0. The van der Waals surface area contributed by atoms with Crippen LogP contribution in [-0.4, -0.2) is 9.97 Å². The molecule has 0 saturated carbocycles. The van der Waals surface area contributed by atoms with E-state index in [0.29, 0.717) is 0 Å². The van der Waals surface area contributed by atoms with E-state index < -0.39 is 0 Å². The first kappa shape index (κ1) is 6.83. The minimum atomic E-state index is 1.07. The molecule has 13 heavy (non-hydrogen) atoms. The Balaban J connectivity index is 2.30. The summed E-state index contributed by atoms with van der Waals surface area (Å²) >= 11 is 0. The average molecular weight is 172 g/mol. The number of nitrogens with one attached hydrogen (secondary N) is 1. The monoisotopic (exact) mass is 172 g/mol. The fourth-order valence-electron chi connectivity index (χ4n) is 1.85. The van der Waals surface area contributed by atoms with Crippen LogP contribution in [-0.2, 0) is 12.8 Å². The fraction of sp³-hybridized carbons (Fsp3) is 0.200. The number of aromatic nitrogens is 3. The van der Waals surface area contributed by atoms with Crippen molar-refractivity contribution >= 4 is 0 Å². The molecule has 0 amide bonds. The van der Waals surface area contributed by atoms with Gasteiger partial charge in [0.05, 0.1) is 6.20 Å². The number of hydrogen-bond acceptors (Lipinski definition) is 1. The molecule has 3 rings (SSSR count). The van der Waals surface area contributed by atoms with Gasteiger partial charge in [0.25, 0.3) is 5.82 Å². The van der Waals surface area contributed by atoms with E-state index >= 15 is 0 Å². The van der Waals surface area contributed by atoms with Gasteiger partial charge < -0.3 is 0 Å². The molecule has 3 heteroatoms. The van der Waals surface area contributed by atoms with E-state index in [1.807, 2.05) is 24.7 Å². The summed E-state index contributed by atoms with van der Waals surface area (Å²) in [6, 6.07) is 4.14. The topological polar surface area (TPSA) is 32.6 Å². The average Bonchev–Trinajstić information content (AvgIpc) is 2.65. The minimum absolute atomic E-state index is 1.07. The molecule has 1 aliphatic rings. The number of imidazole rings is 1. The van der Waals surface area contributed by atoms with Crippen molar-refractivity contribution in [2.24, 2.45) is 0 Å². The summed E-state index contributed by atoms with van der Waals surface area (Å²) in [5.74, 6) is 2.32. The van der Waals surface area contributed by atoms with Crippen molar-refractivity contribution in [2.75, 3.05) is 0 Å². The Hall–Kier alpha value is -1.64. The van der Waals surface area contributed by atoms with Crippen molar-refractivity contribution in [2.45, 2.75) is 12.8 Å². The second-order valence-electron chi connectivity index (χ2n) is 3.26. The summed E-state index contributed by atoms with van der Waals surface area (Å²) in [6.45, 7) is 0. The molecule has 0 bridgehead atoms. The van der Waals surface area contributed by atoms with Crippen LogP contribution in [0, 0.1) is 0 Å². The van der Waals surface area contributed by atoms with E-state index in [4.69, 9.17) is 0 Å². The van der Waals surface area contributed by atoms with Gasteiger partial charge >= 0.3 is 0 Å². The smallest absolute Gasteiger partial charge is 0.270 e. The maximum atomic E-state index is 4.38. The molecule has 0 spiro atoms. The molecule has 0 saturated heterocycles. The molecule has 1 aliphatic heterocycles. The summed E-state index contributed by atoms with van der Waals surface area (Å²) in [5, 5.41) is 0. The molecule has 0 unspecified atom stereocenters. The van der Waals surface area contributed by atoms with Gasteiger partial charge in [-0.15, -0.1) is 4.98 Å². The van der Waals surface area contributed by atoms with Crippen LogP contribution in [0.15, 0.2) is 30.7 Å². The molecular weight excluding hydrogens is 162 g/mol. The summed E-state index contributed by atoms with van der Waals surface area (Å²) in [5.41, 5.74) is 1.33. The number of pyridine rings is 1. The van der Waals surface area contributed by atoms with Crippen molar-refractivity contribution < 1.29 is 4.57 Å². The van der Waals surface area contributed by atoms with E-state index in [1.54, 1.807) is 0 Å². The Kier molecular flexibility index (Phi) is 1.27. The molecule has 2 aromatic heterocycles. The highest BCUT2D eigenvalue weighted by atomic mass is 15.1. The van der Waals surface area contributed by atoms with Crippen LogP contribution >= 0.6 is 0 Å². The summed E-state index contributed by atoms with van der Waals surface area (Å²) < 4.78 is 2.12. The predicted octanol–water partition coefficient (Wildman–Crippen LogP) is 0.785. The predicted molar refractivity (Wildman–Crippen MR) is 47.5 cm³/mol. The fourth-order valence-corrected chi connectivity index (χ4v) is 1.85. The van der Waals surface area contributed by atoms with Crippen molar-refractivity contribution in [3.05, 3.63) is 42.1 Å². The minimum Gasteiger partial charge on any atom is -0.280 e. The van der Waals surface area contributed by atoms with Crippen LogP contribution in [0.4, 0.5) is 0 Å². The lowest BCUT2D eigenvalue weighted by Crippen LogP contribution is -2.39. The van der Waals surface area contributed by atoms with Crippen LogP contribution < -0.4 is 4.57 Å². The van der Waals surface area contributed by atoms with Crippen molar-refractivity contribution in [1.29, 1.82) is 0 Å². The van der Waals surface area contributed by atoms with Crippen LogP contribution in [0.25, 0.3) is 5.82 Å². The van der Waals surface area contributed by atoms with Gasteiger partial charge in [-0.25, -0.2) is 4.57 Å². The van der Waals surface area contributed by atoms with Gasteiger partial charge in [0.15, 0.2) is 0 Å². The molecule has 64 valence electrons. The number of nitrogens with zero attached hydrogens (tertiary/aromatic N) is 2. The van der Waals surface area contributed by atoms with Crippen molar-refractivity contribution in [1.82, 2.24) is 9.97 Å². The third kappa shape index (κ3) is 0.900. The normalized spacial score (nSPS) is 13.5. The molecule has 0 fully saturated rings. The van der Waals surface area contributed by atoms with Gasteiger partial charge in [-0.1, -0.05) is 0 Å². The van der Waals surface area contributed by atoms with E-state index in [0.717, 1.165) is 18.7 Å². The quantitative estimate of drug-likeness (QED) is 0.585. The largest absolute Gasteiger partial charge is 0.280 e. The Morgan fingerprint density at radius 2 is 2.38 bits per heavy atom. The standard InChI is InChI=1S/C10H9N3/c1-2-8-3-4-9-11-6-7-13(9)10(8)12-5-1/h1-2,5-7H,3-4H2/p+1. The Bertz CT molecular complexity index is 445. The van der Waals surface area contributed by atoms with Crippen LogP contribution in [0.1, 0.15) is 11.4 Å². The van der Waals surface area contributed by atoms with Gasteiger partial charge in [-0.2, -0.15) is 0 Å². The number of H-pyrrole nitrogens is 1. The zero-order valence-corrected chi connectivity index (χ0v) is 7.20. The molecule has 0 aliphatic carbocycles. The molecule has 0 radical (unpaired) electrons. The number of fused-ring (bicyclic) bond motifs is 3. The highest BCUT2D eigenvalue weighted by molar-refractivity contribution is 5.28. The Morgan fingerprint density at radius 1 is 1.38 bits per heavy atom. The first-order chi connectivity index (χ1) is 6.45. The molecule has 3 heterocycles. The van der Waals surface area contributed by atoms with E-state index in [-0.39, 0.29) is 0 Å². The first-order valence-corrected chi connectivity index (χ1v) is 4.47. The van der Waals surface area contributed by atoms with Gasteiger partial charge in [-0.05, 0) is 18.6 Å². The third-order valence-electron chi connectivity index (χ3n) is 2.49. The SMILES string of the molecule is c1cnc2c(c1)CCc1[nH]cc[n+]1-2. The van der Waals surface area contributed by atoms with Crippen LogP contribution in [0.5, 0.6) is 0 Å². The van der Waals surface area contributed by atoms with Gasteiger partial charge in [0, 0.05) is 12.0 Å². The first-order valence-electron chi connectivity index (χ1n) is 4.47. The summed E-state index contributed by atoms with van der Waals surface area (Å²) in [6.07, 6.45) is 7.99. The molecule has 2 aromatic rings. The maximum absolute atomic E-state index is 4.38. The number of rotatable bonds is 0. The van der Waals surface area contributed by atoms with E-state index in [1.165, 1.54) is 11.4 Å². The van der Waals surface area contributed by atoms with Crippen molar-refractivity contribution in [3.63, 3.8) is 0 Å². The lowest BCUT2D eigenvalue weighted by atomic mass is 10.1. The summed E-state index contributed by atoms with van der Waals surface area (Å²) in [4.78, 5) is 7.60. The Labute approximate surface area is 76.1 Å². The molecule has 0 aromatic carbocycles. The van der Waals surface area contributed by atoms with Gasteiger partial charge in [-0.3, -0.25) is 4.98 Å². The lowest BCUT2D eigenvalue weighted by molar-refractivity contribution is -0.609. The maximum Gasteiger partial charge on any atom is 0.270 e. The number of hydrogen-bond donors (Lipinski definition) is 1. The van der Waals surface area contributed by atoms with Gasteiger partial charge in [0.2, 0.25) is 5.82 Å². The number of aryl methyl sites for hydroxylation is 2. The molecule has 1 N–H and O–H groups in total. The van der Waals surface area contributed by atoms with Gasteiger partial charge in [0.1, 0.15) is 12.4 Å².